The van der Waals surface area contributed by atoms with Crippen LogP contribution >= 0.6 is 0 Å². The second kappa shape index (κ2) is 7.86. The number of nitriles is 1. The first kappa shape index (κ1) is 17.3. The number of methoxy groups -OCH3 is 1. The molecular formula is C14H20N2O4S. The summed E-state index contributed by atoms with van der Waals surface area (Å²) >= 11 is 0. The Labute approximate surface area is 125 Å². The van der Waals surface area contributed by atoms with Gasteiger partial charge in [-0.25, -0.2) is 13.6 Å². The smallest absolute Gasteiger partial charge is 0.209 e. The highest BCUT2D eigenvalue weighted by atomic mass is 32.2. The van der Waals surface area contributed by atoms with Gasteiger partial charge in [-0.1, -0.05) is 13.3 Å². The van der Waals surface area contributed by atoms with Crippen LogP contribution in [0.15, 0.2) is 18.2 Å². The van der Waals surface area contributed by atoms with Crippen LogP contribution in [-0.2, 0) is 10.0 Å². The zero-order valence-electron chi connectivity index (χ0n) is 12.2. The molecule has 0 saturated carbocycles. The maximum absolute atomic E-state index is 11.2. The zero-order valence-corrected chi connectivity index (χ0v) is 13.0. The number of nitrogens with two attached hydrogens (primary N) is 1. The molecule has 1 aromatic rings. The largest absolute Gasteiger partial charge is 0.493 e. The molecule has 7 heteroatoms. The first-order valence-electron chi connectivity index (χ1n) is 6.61. The SMILES string of the molecule is CCCC(COc1ccc(C#N)cc1OC)CS(N)(=O)=O. The molecule has 0 aliphatic rings. The van der Waals surface area contributed by atoms with Gasteiger partial charge in [0.25, 0.3) is 0 Å². The lowest BCUT2D eigenvalue weighted by atomic mass is 10.1. The quantitative estimate of drug-likeness (QED) is 0.786. The fraction of sp³-hybridized carbons (Fsp3) is 0.500. The van der Waals surface area contributed by atoms with Crippen LogP contribution in [0.1, 0.15) is 25.3 Å². The Morgan fingerprint density at radius 3 is 2.62 bits per heavy atom. The summed E-state index contributed by atoms with van der Waals surface area (Å²) in [5.41, 5.74) is 0.467. The maximum atomic E-state index is 11.2. The summed E-state index contributed by atoms with van der Waals surface area (Å²) < 4.78 is 33.2. The molecule has 0 fully saturated rings. The zero-order chi connectivity index (χ0) is 15.9. The Balaban J connectivity index is 2.78. The van der Waals surface area contributed by atoms with E-state index in [1.54, 1.807) is 18.2 Å². The first-order chi connectivity index (χ1) is 9.89. The normalized spacial score (nSPS) is 12.5. The van der Waals surface area contributed by atoms with Gasteiger partial charge in [-0.15, -0.1) is 0 Å². The van der Waals surface area contributed by atoms with E-state index in [1.165, 1.54) is 7.11 Å². The number of nitrogens with zero attached hydrogens (tertiary/aromatic N) is 1. The number of benzene rings is 1. The summed E-state index contributed by atoms with van der Waals surface area (Å²) in [6.45, 7) is 2.20. The molecule has 0 radical (unpaired) electrons. The minimum atomic E-state index is -3.53. The summed E-state index contributed by atoms with van der Waals surface area (Å²) in [5.74, 6) is 0.636. The van der Waals surface area contributed by atoms with Gasteiger partial charge in [0.1, 0.15) is 0 Å². The van der Waals surface area contributed by atoms with Crippen LogP contribution in [0, 0.1) is 17.2 Å². The van der Waals surface area contributed by atoms with E-state index < -0.39 is 10.0 Å². The van der Waals surface area contributed by atoms with Crippen LogP contribution < -0.4 is 14.6 Å². The van der Waals surface area contributed by atoms with Crippen molar-refractivity contribution in [3.8, 4) is 17.6 Å². The summed E-state index contributed by atoms with van der Waals surface area (Å²) in [6, 6.07) is 6.84. The topological polar surface area (TPSA) is 102 Å². The molecule has 2 N–H and O–H groups in total. The first-order valence-corrected chi connectivity index (χ1v) is 8.32. The summed E-state index contributed by atoms with van der Waals surface area (Å²) in [7, 11) is -2.05. The van der Waals surface area contributed by atoms with E-state index in [-0.39, 0.29) is 18.3 Å². The highest BCUT2D eigenvalue weighted by Gasteiger charge is 2.17. The molecule has 1 unspecified atom stereocenters. The lowest BCUT2D eigenvalue weighted by molar-refractivity contribution is 0.241. The van der Waals surface area contributed by atoms with E-state index in [0.29, 0.717) is 23.5 Å². The number of sulfonamides is 1. The van der Waals surface area contributed by atoms with Crippen LogP contribution in [0.25, 0.3) is 0 Å². The van der Waals surface area contributed by atoms with Crippen molar-refractivity contribution in [1.82, 2.24) is 0 Å². The average Bonchev–Trinajstić information content (AvgIpc) is 2.43. The molecule has 21 heavy (non-hydrogen) atoms. The third-order valence-electron chi connectivity index (χ3n) is 2.93. The van der Waals surface area contributed by atoms with Crippen molar-refractivity contribution in [3.63, 3.8) is 0 Å². The molecule has 0 bridgehead atoms. The second-order valence-corrected chi connectivity index (χ2v) is 6.43. The summed E-state index contributed by atoms with van der Waals surface area (Å²) in [6.07, 6.45) is 1.54. The monoisotopic (exact) mass is 312 g/mol. The molecule has 0 heterocycles. The van der Waals surface area contributed by atoms with E-state index in [1.807, 2.05) is 13.0 Å². The van der Waals surface area contributed by atoms with Crippen LogP contribution in [0.2, 0.25) is 0 Å². The molecule has 1 atom stereocenters. The lowest BCUT2D eigenvalue weighted by Gasteiger charge is -2.17. The van der Waals surface area contributed by atoms with Crippen LogP contribution in [0.5, 0.6) is 11.5 Å². The number of rotatable bonds is 8. The number of hydrogen-bond donors (Lipinski definition) is 1. The van der Waals surface area contributed by atoms with Gasteiger partial charge in [-0.05, 0) is 18.6 Å². The van der Waals surface area contributed by atoms with Gasteiger partial charge in [-0.2, -0.15) is 5.26 Å². The van der Waals surface area contributed by atoms with E-state index >= 15 is 0 Å². The van der Waals surface area contributed by atoms with Gasteiger partial charge in [0.2, 0.25) is 10.0 Å². The maximum Gasteiger partial charge on any atom is 0.209 e. The van der Waals surface area contributed by atoms with E-state index in [9.17, 15) is 8.42 Å². The minimum Gasteiger partial charge on any atom is -0.493 e. The minimum absolute atomic E-state index is 0.112. The van der Waals surface area contributed by atoms with Crippen molar-refractivity contribution in [2.45, 2.75) is 19.8 Å². The molecule has 1 rings (SSSR count). The van der Waals surface area contributed by atoms with Crippen molar-refractivity contribution in [3.05, 3.63) is 23.8 Å². The molecule has 0 aliphatic carbocycles. The number of primary sulfonamides is 1. The standard InChI is InChI=1S/C14H20N2O4S/c1-3-4-12(10-21(16,17)18)9-20-13-6-5-11(8-15)7-14(13)19-2/h5-7,12H,3-4,9-10H2,1-2H3,(H2,16,17,18). The third kappa shape index (κ3) is 6.02. The Bertz CT molecular complexity index is 608. The molecule has 0 aromatic heterocycles. The second-order valence-electron chi connectivity index (χ2n) is 4.77. The van der Waals surface area contributed by atoms with Crippen LogP contribution in [0.4, 0.5) is 0 Å². The Hall–Kier alpha value is -1.78. The van der Waals surface area contributed by atoms with Crippen molar-refractivity contribution in [2.75, 3.05) is 19.5 Å². The molecule has 1 aromatic carbocycles. The molecule has 0 spiro atoms. The highest BCUT2D eigenvalue weighted by Crippen LogP contribution is 2.28. The summed E-state index contributed by atoms with van der Waals surface area (Å²) in [5, 5.41) is 13.9. The van der Waals surface area contributed by atoms with Gasteiger partial charge in [0.05, 0.1) is 31.1 Å². The van der Waals surface area contributed by atoms with Gasteiger partial charge in [-0.3, -0.25) is 0 Å². The van der Waals surface area contributed by atoms with Gasteiger partial charge in [0, 0.05) is 12.0 Å². The highest BCUT2D eigenvalue weighted by molar-refractivity contribution is 7.89. The Morgan fingerprint density at radius 2 is 2.10 bits per heavy atom. The van der Waals surface area contributed by atoms with Crippen molar-refractivity contribution < 1.29 is 17.9 Å². The van der Waals surface area contributed by atoms with Crippen molar-refractivity contribution >= 4 is 10.0 Å². The lowest BCUT2D eigenvalue weighted by Crippen LogP contribution is -2.27. The van der Waals surface area contributed by atoms with E-state index in [2.05, 4.69) is 0 Å². The molecule has 116 valence electrons. The predicted octanol–water partition coefficient (Wildman–Crippen LogP) is 1.65. The van der Waals surface area contributed by atoms with Crippen molar-refractivity contribution in [2.24, 2.45) is 11.1 Å². The Kier molecular flexibility index (Phi) is 6.46. The van der Waals surface area contributed by atoms with Crippen LogP contribution in [-0.4, -0.2) is 27.9 Å². The van der Waals surface area contributed by atoms with Gasteiger partial charge < -0.3 is 9.47 Å². The predicted molar refractivity (Wildman–Crippen MR) is 79.6 cm³/mol. The molecule has 0 amide bonds. The van der Waals surface area contributed by atoms with E-state index in [0.717, 1.165) is 6.42 Å². The molecule has 0 aliphatic heterocycles. The van der Waals surface area contributed by atoms with E-state index in [4.69, 9.17) is 19.9 Å². The Morgan fingerprint density at radius 1 is 1.38 bits per heavy atom. The van der Waals surface area contributed by atoms with Crippen molar-refractivity contribution in [1.29, 1.82) is 5.26 Å². The fourth-order valence-electron chi connectivity index (χ4n) is 2.02. The number of hydrogen-bond acceptors (Lipinski definition) is 5. The van der Waals surface area contributed by atoms with Gasteiger partial charge in [0.15, 0.2) is 11.5 Å². The molecular weight excluding hydrogens is 292 g/mol. The summed E-state index contributed by atoms with van der Waals surface area (Å²) in [4.78, 5) is 0. The number of ether oxygens (including phenoxy) is 2. The fourth-order valence-corrected chi connectivity index (χ4v) is 2.94. The van der Waals surface area contributed by atoms with Gasteiger partial charge >= 0.3 is 0 Å². The third-order valence-corrected chi connectivity index (χ3v) is 3.87. The average molecular weight is 312 g/mol. The molecule has 0 saturated heterocycles. The molecule has 6 nitrogen and oxygen atoms in total. The van der Waals surface area contributed by atoms with Crippen LogP contribution in [0.3, 0.4) is 0 Å².